The van der Waals surface area contributed by atoms with Crippen LogP contribution in [0.3, 0.4) is 0 Å². The van der Waals surface area contributed by atoms with Gasteiger partial charge in [-0.1, -0.05) is 6.07 Å². The van der Waals surface area contributed by atoms with Gasteiger partial charge in [0.05, 0.1) is 6.26 Å². The first-order chi connectivity index (χ1) is 6.77. The molecular formula is C10H6F2O2. The lowest BCUT2D eigenvalue weighted by molar-refractivity contribution is 0.410. The van der Waals surface area contributed by atoms with Crippen LogP contribution in [0.5, 0.6) is 11.5 Å². The standard InChI is InChI=1S/C10H6F2O2/c11-8-2-1-3-9(10(8)12)14-7-4-5-13-6-7/h1-6H. The summed E-state index contributed by atoms with van der Waals surface area (Å²) in [4.78, 5) is 0. The van der Waals surface area contributed by atoms with Crippen molar-refractivity contribution in [2.75, 3.05) is 0 Å². The molecule has 0 N–H and O–H groups in total. The summed E-state index contributed by atoms with van der Waals surface area (Å²) in [5.74, 6) is -1.78. The average molecular weight is 196 g/mol. The molecule has 4 heteroatoms. The van der Waals surface area contributed by atoms with E-state index in [4.69, 9.17) is 9.15 Å². The molecule has 0 fully saturated rings. The molecule has 0 spiro atoms. The Labute approximate surface area is 78.7 Å². The Morgan fingerprint density at radius 2 is 2.00 bits per heavy atom. The van der Waals surface area contributed by atoms with Gasteiger partial charge >= 0.3 is 0 Å². The molecule has 0 amide bonds. The number of benzene rings is 1. The quantitative estimate of drug-likeness (QED) is 0.734. The highest BCUT2D eigenvalue weighted by Crippen LogP contribution is 2.25. The Morgan fingerprint density at radius 1 is 1.14 bits per heavy atom. The summed E-state index contributed by atoms with van der Waals surface area (Å²) in [6.45, 7) is 0. The lowest BCUT2D eigenvalue weighted by Gasteiger charge is -2.03. The minimum Gasteiger partial charge on any atom is -0.469 e. The molecule has 14 heavy (non-hydrogen) atoms. The summed E-state index contributed by atoms with van der Waals surface area (Å²) in [5.41, 5.74) is 0. The zero-order chi connectivity index (χ0) is 9.97. The Bertz CT molecular complexity index is 424. The molecule has 0 radical (unpaired) electrons. The Kier molecular flexibility index (Phi) is 2.18. The van der Waals surface area contributed by atoms with Crippen LogP contribution in [-0.2, 0) is 0 Å². The molecule has 0 saturated carbocycles. The van der Waals surface area contributed by atoms with Gasteiger partial charge in [-0.25, -0.2) is 4.39 Å². The third kappa shape index (κ3) is 1.59. The summed E-state index contributed by atoms with van der Waals surface area (Å²) < 4.78 is 35.5. The first kappa shape index (κ1) is 8.74. The molecule has 1 heterocycles. The van der Waals surface area contributed by atoms with E-state index >= 15 is 0 Å². The second-order valence-electron chi connectivity index (χ2n) is 2.61. The number of hydrogen-bond donors (Lipinski definition) is 0. The molecule has 1 aromatic carbocycles. The number of rotatable bonds is 2. The first-order valence-corrected chi connectivity index (χ1v) is 3.91. The van der Waals surface area contributed by atoms with E-state index in [1.807, 2.05) is 0 Å². The molecule has 0 unspecified atom stereocenters. The van der Waals surface area contributed by atoms with Crippen LogP contribution < -0.4 is 4.74 Å². The van der Waals surface area contributed by atoms with Crippen molar-refractivity contribution in [3.05, 3.63) is 48.4 Å². The van der Waals surface area contributed by atoms with Crippen LogP contribution in [-0.4, -0.2) is 0 Å². The minimum atomic E-state index is -1.01. The smallest absolute Gasteiger partial charge is 0.201 e. The first-order valence-electron chi connectivity index (χ1n) is 3.91. The fraction of sp³-hybridized carbons (Fsp3) is 0. The van der Waals surface area contributed by atoms with Gasteiger partial charge in [-0.05, 0) is 12.1 Å². The summed E-state index contributed by atoms with van der Waals surface area (Å²) in [7, 11) is 0. The number of hydrogen-bond acceptors (Lipinski definition) is 2. The second kappa shape index (κ2) is 3.49. The predicted molar refractivity (Wildman–Crippen MR) is 45.1 cm³/mol. The van der Waals surface area contributed by atoms with Crippen LogP contribution in [0.4, 0.5) is 8.78 Å². The average Bonchev–Trinajstić information content (AvgIpc) is 2.66. The molecule has 2 nitrogen and oxygen atoms in total. The van der Waals surface area contributed by atoms with Gasteiger partial charge in [0, 0.05) is 6.07 Å². The normalized spacial score (nSPS) is 10.1. The van der Waals surface area contributed by atoms with Crippen LogP contribution in [0.1, 0.15) is 0 Å². The zero-order valence-electron chi connectivity index (χ0n) is 7.04. The van der Waals surface area contributed by atoms with E-state index in [1.54, 1.807) is 0 Å². The van der Waals surface area contributed by atoms with E-state index in [9.17, 15) is 8.78 Å². The summed E-state index contributed by atoms with van der Waals surface area (Å²) in [6.07, 6.45) is 2.68. The molecule has 2 aromatic rings. The van der Waals surface area contributed by atoms with Crippen molar-refractivity contribution in [1.29, 1.82) is 0 Å². The fourth-order valence-electron chi connectivity index (χ4n) is 1.000. The third-order valence-electron chi connectivity index (χ3n) is 1.64. The van der Waals surface area contributed by atoms with Crippen molar-refractivity contribution in [3.8, 4) is 11.5 Å². The van der Waals surface area contributed by atoms with Crippen LogP contribution in [0, 0.1) is 11.6 Å². The van der Waals surface area contributed by atoms with Gasteiger partial charge in [0.1, 0.15) is 6.26 Å². The van der Waals surface area contributed by atoms with Crippen LogP contribution in [0.2, 0.25) is 0 Å². The highest BCUT2D eigenvalue weighted by atomic mass is 19.2. The monoisotopic (exact) mass is 196 g/mol. The molecular weight excluding hydrogens is 190 g/mol. The van der Waals surface area contributed by atoms with E-state index in [0.717, 1.165) is 6.07 Å². The van der Waals surface area contributed by atoms with Crippen molar-refractivity contribution < 1.29 is 17.9 Å². The van der Waals surface area contributed by atoms with E-state index in [2.05, 4.69) is 0 Å². The molecule has 2 rings (SSSR count). The zero-order valence-corrected chi connectivity index (χ0v) is 7.04. The highest BCUT2D eigenvalue weighted by Gasteiger charge is 2.09. The summed E-state index contributed by atoms with van der Waals surface area (Å²) >= 11 is 0. The number of halogens is 2. The molecule has 0 aliphatic carbocycles. The molecule has 0 aliphatic rings. The second-order valence-corrected chi connectivity index (χ2v) is 2.61. The van der Waals surface area contributed by atoms with Crippen molar-refractivity contribution in [2.45, 2.75) is 0 Å². The summed E-state index contributed by atoms with van der Waals surface area (Å²) in [6, 6.07) is 5.24. The maximum Gasteiger partial charge on any atom is 0.201 e. The molecule has 0 saturated heterocycles. The Morgan fingerprint density at radius 3 is 2.71 bits per heavy atom. The largest absolute Gasteiger partial charge is 0.469 e. The van der Waals surface area contributed by atoms with Gasteiger partial charge in [0.15, 0.2) is 17.3 Å². The van der Waals surface area contributed by atoms with Crippen molar-refractivity contribution in [1.82, 2.24) is 0 Å². The highest BCUT2D eigenvalue weighted by molar-refractivity contribution is 5.30. The number of ether oxygens (including phenoxy) is 1. The molecule has 72 valence electrons. The van der Waals surface area contributed by atoms with Gasteiger partial charge in [-0.2, -0.15) is 4.39 Å². The number of furan rings is 1. The van der Waals surface area contributed by atoms with Gasteiger partial charge in [0.2, 0.25) is 5.82 Å². The predicted octanol–water partition coefficient (Wildman–Crippen LogP) is 3.35. The third-order valence-corrected chi connectivity index (χ3v) is 1.64. The summed E-state index contributed by atoms with van der Waals surface area (Å²) in [5, 5.41) is 0. The van der Waals surface area contributed by atoms with E-state index in [-0.39, 0.29) is 5.75 Å². The van der Waals surface area contributed by atoms with Gasteiger partial charge in [0.25, 0.3) is 0 Å². The molecule has 0 bridgehead atoms. The van der Waals surface area contributed by atoms with Crippen LogP contribution in [0.25, 0.3) is 0 Å². The lowest BCUT2D eigenvalue weighted by Crippen LogP contribution is -1.89. The van der Waals surface area contributed by atoms with E-state index < -0.39 is 11.6 Å². The van der Waals surface area contributed by atoms with Gasteiger partial charge in [-0.3, -0.25) is 0 Å². The molecule has 0 atom stereocenters. The topological polar surface area (TPSA) is 22.4 Å². The van der Waals surface area contributed by atoms with E-state index in [0.29, 0.717) is 5.75 Å². The maximum atomic E-state index is 13.1. The van der Waals surface area contributed by atoms with Crippen molar-refractivity contribution in [2.24, 2.45) is 0 Å². The van der Waals surface area contributed by atoms with Crippen molar-refractivity contribution >= 4 is 0 Å². The lowest BCUT2D eigenvalue weighted by atomic mass is 10.3. The van der Waals surface area contributed by atoms with Gasteiger partial charge in [-0.15, -0.1) is 0 Å². The van der Waals surface area contributed by atoms with Crippen LogP contribution >= 0.6 is 0 Å². The molecule has 0 aliphatic heterocycles. The Hall–Kier alpha value is -1.84. The van der Waals surface area contributed by atoms with E-state index in [1.165, 1.54) is 30.7 Å². The maximum absolute atomic E-state index is 13.1. The van der Waals surface area contributed by atoms with Gasteiger partial charge < -0.3 is 9.15 Å². The molecule has 1 aromatic heterocycles. The Balaban J connectivity index is 2.29. The van der Waals surface area contributed by atoms with Crippen LogP contribution in [0.15, 0.2) is 41.2 Å². The fourth-order valence-corrected chi connectivity index (χ4v) is 1.000. The minimum absolute atomic E-state index is 0.161. The van der Waals surface area contributed by atoms with Crippen molar-refractivity contribution in [3.63, 3.8) is 0 Å². The SMILES string of the molecule is Fc1cccc(Oc2ccoc2)c1F.